The monoisotopic (exact) mass is 480 g/mol. The van der Waals surface area contributed by atoms with Gasteiger partial charge in [0.05, 0.1) is 12.6 Å². The summed E-state index contributed by atoms with van der Waals surface area (Å²) in [7, 11) is 1.96. The number of nitrogens with one attached hydrogen (secondary N) is 1. The van der Waals surface area contributed by atoms with Gasteiger partial charge in [-0.1, -0.05) is 84.9 Å². The molecule has 0 bridgehead atoms. The molecule has 0 saturated carbocycles. The van der Waals surface area contributed by atoms with E-state index in [1.807, 2.05) is 60.9 Å². The van der Waals surface area contributed by atoms with Crippen LogP contribution in [0, 0.1) is 5.41 Å². The molecule has 0 aliphatic rings. The highest BCUT2D eigenvalue weighted by molar-refractivity contribution is 6.11. The quantitative estimate of drug-likeness (QED) is 0.209. The largest absolute Gasteiger partial charge is 0.456 e. The van der Waals surface area contributed by atoms with Gasteiger partial charge in [0.25, 0.3) is 0 Å². The summed E-state index contributed by atoms with van der Waals surface area (Å²) in [4.78, 5) is 4.77. The van der Waals surface area contributed by atoms with Gasteiger partial charge < -0.3 is 4.42 Å². The van der Waals surface area contributed by atoms with Crippen LogP contribution < -0.4 is 5.32 Å². The number of fused-ring (bicyclic) bond motifs is 3. The number of furan rings is 1. The predicted molar refractivity (Wildman–Crippen MR) is 152 cm³/mol. The second-order valence-electron chi connectivity index (χ2n) is 8.97. The molecule has 0 radical (unpaired) electrons. The van der Waals surface area contributed by atoms with Gasteiger partial charge in [-0.2, -0.15) is 4.99 Å². The minimum Gasteiger partial charge on any atom is -0.456 e. The number of nitrogens with two attached hydrogens (primary N) is 1. The predicted octanol–water partition coefficient (Wildman–Crippen LogP) is 6.89. The molecule has 5 aromatic carbocycles. The molecule has 3 N–H and O–H groups in total. The summed E-state index contributed by atoms with van der Waals surface area (Å²) in [6.07, 6.45) is 0. The van der Waals surface area contributed by atoms with Crippen LogP contribution in [0.15, 0.2) is 131 Å². The summed E-state index contributed by atoms with van der Waals surface area (Å²) in [5.74, 6) is 0.950. The first-order valence-corrected chi connectivity index (χ1v) is 12.3. The SMILES string of the molecule is C[NH2+]C(=NC(=N)c1ccc2c(c1)oc1ccccc12)c1cc(-c2ccccc2)cc(-c2ccccc2)c1. The normalized spacial score (nSPS) is 11.8. The van der Waals surface area contributed by atoms with Gasteiger partial charge in [0.1, 0.15) is 11.2 Å². The zero-order valence-electron chi connectivity index (χ0n) is 20.5. The lowest BCUT2D eigenvalue weighted by Gasteiger charge is -2.11. The first kappa shape index (κ1) is 22.7. The Hall–Kier alpha value is -4.80. The number of quaternary nitrogens is 1. The van der Waals surface area contributed by atoms with Crippen molar-refractivity contribution >= 4 is 33.6 Å². The van der Waals surface area contributed by atoms with Gasteiger partial charge in [-0.05, 0) is 58.7 Å². The second-order valence-corrected chi connectivity index (χ2v) is 8.97. The van der Waals surface area contributed by atoms with Crippen molar-refractivity contribution in [3.63, 3.8) is 0 Å². The Kier molecular flexibility index (Phi) is 5.93. The van der Waals surface area contributed by atoms with E-state index in [1.54, 1.807) is 0 Å². The maximum atomic E-state index is 8.81. The lowest BCUT2D eigenvalue weighted by molar-refractivity contribution is -0.505. The smallest absolute Gasteiger partial charge is 0.233 e. The number of para-hydroxylation sites is 1. The van der Waals surface area contributed by atoms with Gasteiger partial charge in [-0.3, -0.25) is 10.7 Å². The molecule has 6 rings (SSSR count). The van der Waals surface area contributed by atoms with Crippen LogP contribution in [0.25, 0.3) is 44.2 Å². The number of amidine groups is 2. The Labute approximate surface area is 215 Å². The zero-order chi connectivity index (χ0) is 25.2. The highest BCUT2D eigenvalue weighted by Gasteiger charge is 2.15. The van der Waals surface area contributed by atoms with Crippen LogP contribution in [0.1, 0.15) is 11.1 Å². The summed E-state index contributed by atoms with van der Waals surface area (Å²) in [6, 6.07) is 41.1. The van der Waals surface area contributed by atoms with E-state index in [0.717, 1.165) is 55.6 Å². The first-order valence-electron chi connectivity index (χ1n) is 12.3. The first-order chi connectivity index (χ1) is 18.2. The summed E-state index contributed by atoms with van der Waals surface area (Å²) in [5, 5.41) is 12.9. The molecule has 0 saturated heterocycles. The molecule has 0 aliphatic heterocycles. The third-order valence-corrected chi connectivity index (χ3v) is 6.60. The summed E-state index contributed by atoms with van der Waals surface area (Å²) in [6.45, 7) is 0. The van der Waals surface area contributed by atoms with Crippen molar-refractivity contribution in [2.24, 2.45) is 4.99 Å². The molecular weight excluding hydrogens is 454 g/mol. The Balaban J connectivity index is 1.43. The van der Waals surface area contributed by atoms with Crippen LogP contribution in [0.3, 0.4) is 0 Å². The average molecular weight is 481 g/mol. The summed E-state index contributed by atoms with van der Waals surface area (Å²) < 4.78 is 6.04. The Morgan fingerprint density at radius 3 is 1.84 bits per heavy atom. The topological polar surface area (TPSA) is 66.0 Å². The lowest BCUT2D eigenvalue weighted by Crippen LogP contribution is -2.84. The molecule has 0 atom stereocenters. The minimum absolute atomic E-state index is 0.196. The van der Waals surface area contributed by atoms with Crippen molar-refractivity contribution in [2.45, 2.75) is 0 Å². The second kappa shape index (κ2) is 9.69. The molecule has 0 fully saturated rings. The third-order valence-electron chi connectivity index (χ3n) is 6.60. The van der Waals surface area contributed by atoms with Crippen molar-refractivity contribution in [3.8, 4) is 22.3 Å². The van der Waals surface area contributed by atoms with E-state index < -0.39 is 0 Å². The van der Waals surface area contributed by atoms with Gasteiger partial charge in [0.2, 0.25) is 5.84 Å². The van der Waals surface area contributed by atoms with Crippen molar-refractivity contribution < 1.29 is 9.73 Å². The number of benzene rings is 5. The standard InChI is InChI=1S/C33H25N3O/c1-35-33(36-32(34)24-16-17-29-28-14-8-9-15-30(28)37-31(29)21-24)27-19-25(22-10-4-2-5-11-22)18-26(20-27)23-12-6-3-7-13-23/h2-21H,1H3,(H2,34,35,36)/p+1. The number of nitrogens with zero attached hydrogens (tertiary/aromatic N) is 1. The number of aliphatic imine (C=N–C) groups is 1. The Morgan fingerprint density at radius 2 is 1.19 bits per heavy atom. The van der Waals surface area contributed by atoms with Crippen LogP contribution in [0.4, 0.5) is 0 Å². The Morgan fingerprint density at radius 1 is 0.595 bits per heavy atom. The number of hydrogen-bond acceptors (Lipinski definition) is 2. The summed E-state index contributed by atoms with van der Waals surface area (Å²) in [5.41, 5.74) is 7.80. The van der Waals surface area contributed by atoms with E-state index in [0.29, 0.717) is 5.56 Å². The van der Waals surface area contributed by atoms with Gasteiger partial charge in [-0.25, -0.2) is 0 Å². The van der Waals surface area contributed by atoms with E-state index in [9.17, 15) is 0 Å². The molecule has 4 heteroatoms. The molecule has 4 nitrogen and oxygen atoms in total. The molecular formula is C33H26N3O+. The van der Waals surface area contributed by atoms with E-state index in [2.05, 4.69) is 72.8 Å². The van der Waals surface area contributed by atoms with Crippen molar-refractivity contribution in [2.75, 3.05) is 7.05 Å². The minimum atomic E-state index is 0.196. The van der Waals surface area contributed by atoms with Crippen LogP contribution in [0.5, 0.6) is 0 Å². The maximum Gasteiger partial charge on any atom is 0.233 e. The van der Waals surface area contributed by atoms with E-state index in [4.69, 9.17) is 14.8 Å². The van der Waals surface area contributed by atoms with Gasteiger partial charge in [0, 0.05) is 16.3 Å². The van der Waals surface area contributed by atoms with E-state index in [-0.39, 0.29) is 5.84 Å². The van der Waals surface area contributed by atoms with Crippen LogP contribution >= 0.6 is 0 Å². The number of hydrogen-bond donors (Lipinski definition) is 2. The third kappa shape index (κ3) is 4.46. The van der Waals surface area contributed by atoms with E-state index in [1.165, 1.54) is 0 Å². The van der Waals surface area contributed by atoms with Gasteiger partial charge in [0.15, 0.2) is 5.84 Å². The van der Waals surface area contributed by atoms with Crippen molar-refractivity contribution in [1.29, 1.82) is 5.41 Å². The highest BCUT2D eigenvalue weighted by Crippen LogP contribution is 2.30. The van der Waals surface area contributed by atoms with Gasteiger partial charge in [-0.15, -0.1) is 0 Å². The molecule has 1 aromatic heterocycles. The molecule has 1 heterocycles. The van der Waals surface area contributed by atoms with Crippen LogP contribution in [0.2, 0.25) is 0 Å². The molecule has 178 valence electrons. The van der Waals surface area contributed by atoms with E-state index >= 15 is 0 Å². The highest BCUT2D eigenvalue weighted by atomic mass is 16.3. The summed E-state index contributed by atoms with van der Waals surface area (Å²) >= 11 is 0. The molecule has 0 spiro atoms. The fraction of sp³-hybridized carbons (Fsp3) is 0.0303. The molecule has 0 unspecified atom stereocenters. The molecule has 37 heavy (non-hydrogen) atoms. The van der Waals surface area contributed by atoms with Crippen LogP contribution in [-0.2, 0) is 0 Å². The fourth-order valence-electron chi connectivity index (χ4n) is 4.72. The van der Waals surface area contributed by atoms with Crippen LogP contribution in [-0.4, -0.2) is 18.7 Å². The number of rotatable bonds is 4. The lowest BCUT2D eigenvalue weighted by atomic mass is 9.95. The van der Waals surface area contributed by atoms with Crippen molar-refractivity contribution in [3.05, 3.63) is 132 Å². The van der Waals surface area contributed by atoms with Crippen molar-refractivity contribution in [1.82, 2.24) is 0 Å². The molecule has 0 amide bonds. The van der Waals surface area contributed by atoms with Gasteiger partial charge >= 0.3 is 0 Å². The molecule has 0 aliphatic carbocycles. The zero-order valence-corrected chi connectivity index (χ0v) is 20.5. The fourth-order valence-corrected chi connectivity index (χ4v) is 4.72. The maximum absolute atomic E-state index is 8.81. The Bertz CT molecular complexity index is 1710. The molecule has 6 aromatic rings. The average Bonchev–Trinajstić information content (AvgIpc) is 3.34.